The lowest BCUT2D eigenvalue weighted by molar-refractivity contribution is 0.0536. The highest BCUT2D eigenvalue weighted by Crippen LogP contribution is 2.35. The van der Waals surface area contributed by atoms with Crippen LogP contribution >= 0.6 is 0 Å². The summed E-state index contributed by atoms with van der Waals surface area (Å²) < 4.78 is 16.7. The first-order valence-corrected chi connectivity index (χ1v) is 7.73. The Labute approximate surface area is 126 Å². The minimum Gasteiger partial charge on any atom is -0.490 e. The number of benzene rings is 1. The maximum absolute atomic E-state index is 5.79. The molecule has 0 aliphatic carbocycles. The summed E-state index contributed by atoms with van der Waals surface area (Å²) in [6.45, 7) is 6.78. The van der Waals surface area contributed by atoms with Gasteiger partial charge >= 0.3 is 0 Å². The SMILES string of the molecule is CCOc1ccc(C(NN)C2CCOCC2)cc1OCC. The molecule has 1 aliphatic heterocycles. The van der Waals surface area contributed by atoms with Crippen molar-refractivity contribution < 1.29 is 14.2 Å². The molecule has 5 nitrogen and oxygen atoms in total. The highest BCUT2D eigenvalue weighted by molar-refractivity contribution is 5.44. The molecule has 21 heavy (non-hydrogen) atoms. The fourth-order valence-corrected chi connectivity index (χ4v) is 2.81. The average molecular weight is 294 g/mol. The number of hydrogen-bond donors (Lipinski definition) is 2. The van der Waals surface area contributed by atoms with Crippen molar-refractivity contribution in [2.45, 2.75) is 32.7 Å². The normalized spacial score (nSPS) is 17.5. The number of hydrogen-bond acceptors (Lipinski definition) is 5. The molecule has 3 N–H and O–H groups in total. The van der Waals surface area contributed by atoms with Crippen LogP contribution < -0.4 is 20.7 Å². The second-order valence-corrected chi connectivity index (χ2v) is 5.17. The minimum atomic E-state index is 0.115. The third kappa shape index (κ3) is 4.09. The Kier molecular flexibility index (Phi) is 6.29. The lowest BCUT2D eigenvalue weighted by Gasteiger charge is -2.30. The number of ether oxygens (including phenoxy) is 3. The van der Waals surface area contributed by atoms with Crippen molar-refractivity contribution >= 4 is 0 Å². The molecule has 2 rings (SSSR count). The summed E-state index contributed by atoms with van der Waals surface area (Å²) in [6.07, 6.45) is 2.04. The molecule has 0 aromatic heterocycles. The molecule has 1 aliphatic rings. The van der Waals surface area contributed by atoms with Gasteiger partial charge in [0.1, 0.15) is 0 Å². The van der Waals surface area contributed by atoms with Crippen LogP contribution in [0.1, 0.15) is 38.3 Å². The molecule has 0 radical (unpaired) electrons. The third-order valence-corrected chi connectivity index (χ3v) is 3.84. The molecule has 1 unspecified atom stereocenters. The highest BCUT2D eigenvalue weighted by Gasteiger charge is 2.25. The predicted molar refractivity (Wildman–Crippen MR) is 82.4 cm³/mol. The van der Waals surface area contributed by atoms with Crippen molar-refractivity contribution in [1.29, 1.82) is 0 Å². The maximum atomic E-state index is 5.79. The molecular weight excluding hydrogens is 268 g/mol. The van der Waals surface area contributed by atoms with Gasteiger partial charge in [-0.05, 0) is 50.3 Å². The summed E-state index contributed by atoms with van der Waals surface area (Å²) in [6, 6.07) is 6.18. The molecule has 1 heterocycles. The lowest BCUT2D eigenvalue weighted by Crippen LogP contribution is -2.36. The van der Waals surface area contributed by atoms with Crippen molar-refractivity contribution in [2.75, 3.05) is 26.4 Å². The largest absolute Gasteiger partial charge is 0.490 e. The minimum absolute atomic E-state index is 0.115. The molecule has 1 fully saturated rings. The Hall–Kier alpha value is -1.30. The van der Waals surface area contributed by atoms with Gasteiger partial charge in [-0.2, -0.15) is 0 Å². The quantitative estimate of drug-likeness (QED) is 0.597. The average Bonchev–Trinajstić information content (AvgIpc) is 2.52. The number of hydrazine groups is 1. The number of nitrogens with one attached hydrogen (secondary N) is 1. The molecule has 0 bridgehead atoms. The summed E-state index contributed by atoms with van der Waals surface area (Å²) in [5, 5.41) is 0. The van der Waals surface area contributed by atoms with Crippen LogP contribution in [0, 0.1) is 5.92 Å². The molecule has 118 valence electrons. The van der Waals surface area contributed by atoms with Gasteiger partial charge in [-0.15, -0.1) is 0 Å². The Morgan fingerprint density at radius 3 is 2.48 bits per heavy atom. The van der Waals surface area contributed by atoms with Crippen molar-refractivity contribution in [3.63, 3.8) is 0 Å². The Bertz CT molecular complexity index is 434. The summed E-state index contributed by atoms with van der Waals surface area (Å²) >= 11 is 0. The first-order valence-electron chi connectivity index (χ1n) is 7.73. The van der Waals surface area contributed by atoms with Gasteiger partial charge in [-0.25, -0.2) is 0 Å². The van der Waals surface area contributed by atoms with E-state index in [9.17, 15) is 0 Å². The molecule has 0 amide bonds. The van der Waals surface area contributed by atoms with Crippen LogP contribution in [0.5, 0.6) is 11.5 Å². The monoisotopic (exact) mass is 294 g/mol. The lowest BCUT2D eigenvalue weighted by atomic mass is 9.87. The highest BCUT2D eigenvalue weighted by atomic mass is 16.5. The van der Waals surface area contributed by atoms with Gasteiger partial charge in [-0.3, -0.25) is 11.3 Å². The second kappa shape index (κ2) is 8.22. The van der Waals surface area contributed by atoms with Gasteiger partial charge in [0, 0.05) is 19.3 Å². The van der Waals surface area contributed by atoms with Crippen molar-refractivity contribution in [2.24, 2.45) is 11.8 Å². The molecule has 1 saturated heterocycles. The van der Waals surface area contributed by atoms with Crippen LogP contribution in [-0.4, -0.2) is 26.4 Å². The molecule has 0 spiro atoms. The summed E-state index contributed by atoms with van der Waals surface area (Å²) in [5.74, 6) is 7.84. The standard InChI is InChI=1S/C16H26N2O3/c1-3-20-14-6-5-13(11-15(14)21-4-2)16(18-17)12-7-9-19-10-8-12/h5-6,11-12,16,18H,3-4,7-10,17H2,1-2H3. The topological polar surface area (TPSA) is 65.7 Å². The zero-order valence-corrected chi connectivity index (χ0v) is 12.9. The molecule has 1 atom stereocenters. The number of rotatable bonds is 7. The van der Waals surface area contributed by atoms with Crippen LogP contribution in [-0.2, 0) is 4.74 Å². The third-order valence-electron chi connectivity index (χ3n) is 3.84. The Morgan fingerprint density at radius 1 is 1.19 bits per heavy atom. The van der Waals surface area contributed by atoms with E-state index in [1.54, 1.807) is 0 Å². The van der Waals surface area contributed by atoms with Crippen LogP contribution in [0.3, 0.4) is 0 Å². The maximum Gasteiger partial charge on any atom is 0.161 e. The van der Waals surface area contributed by atoms with Crippen LogP contribution in [0.4, 0.5) is 0 Å². The summed E-state index contributed by atoms with van der Waals surface area (Å²) in [7, 11) is 0. The van der Waals surface area contributed by atoms with Gasteiger partial charge in [0.05, 0.1) is 13.2 Å². The van der Waals surface area contributed by atoms with E-state index in [4.69, 9.17) is 20.1 Å². The first-order chi connectivity index (χ1) is 10.3. The molecule has 0 saturated carbocycles. The van der Waals surface area contributed by atoms with E-state index in [0.29, 0.717) is 19.1 Å². The van der Waals surface area contributed by atoms with E-state index in [0.717, 1.165) is 43.1 Å². The van der Waals surface area contributed by atoms with Gasteiger partial charge in [0.15, 0.2) is 11.5 Å². The van der Waals surface area contributed by atoms with E-state index in [1.165, 1.54) is 0 Å². The molecular formula is C16H26N2O3. The molecule has 1 aromatic rings. The molecule has 5 heteroatoms. The zero-order valence-electron chi connectivity index (χ0n) is 12.9. The Morgan fingerprint density at radius 2 is 1.86 bits per heavy atom. The summed E-state index contributed by atoms with van der Waals surface area (Å²) in [5.41, 5.74) is 4.09. The smallest absolute Gasteiger partial charge is 0.161 e. The first kappa shape index (κ1) is 16.1. The van der Waals surface area contributed by atoms with Crippen molar-refractivity contribution in [1.82, 2.24) is 5.43 Å². The van der Waals surface area contributed by atoms with Gasteiger partial charge < -0.3 is 14.2 Å². The van der Waals surface area contributed by atoms with E-state index in [1.807, 2.05) is 26.0 Å². The second-order valence-electron chi connectivity index (χ2n) is 5.17. The van der Waals surface area contributed by atoms with Crippen LogP contribution in [0.2, 0.25) is 0 Å². The summed E-state index contributed by atoms with van der Waals surface area (Å²) in [4.78, 5) is 0. The van der Waals surface area contributed by atoms with Gasteiger partial charge in [0.2, 0.25) is 0 Å². The predicted octanol–water partition coefficient (Wildman–Crippen LogP) is 2.42. The van der Waals surface area contributed by atoms with Crippen molar-refractivity contribution in [3.05, 3.63) is 23.8 Å². The van der Waals surface area contributed by atoms with E-state index in [-0.39, 0.29) is 6.04 Å². The van der Waals surface area contributed by atoms with Crippen LogP contribution in [0.25, 0.3) is 0 Å². The number of nitrogens with two attached hydrogens (primary N) is 1. The zero-order chi connectivity index (χ0) is 15.1. The molecule has 1 aromatic carbocycles. The van der Waals surface area contributed by atoms with Crippen LogP contribution in [0.15, 0.2) is 18.2 Å². The fraction of sp³-hybridized carbons (Fsp3) is 0.625. The van der Waals surface area contributed by atoms with Crippen molar-refractivity contribution in [3.8, 4) is 11.5 Å². The van der Waals surface area contributed by atoms with E-state index in [2.05, 4.69) is 11.5 Å². The van der Waals surface area contributed by atoms with E-state index < -0.39 is 0 Å². The fourth-order valence-electron chi connectivity index (χ4n) is 2.81. The van der Waals surface area contributed by atoms with E-state index >= 15 is 0 Å². The van der Waals surface area contributed by atoms with Gasteiger partial charge in [0.25, 0.3) is 0 Å². The Balaban J connectivity index is 2.21. The van der Waals surface area contributed by atoms with Gasteiger partial charge in [-0.1, -0.05) is 6.07 Å².